The van der Waals surface area contributed by atoms with Crippen LogP contribution in [0.2, 0.25) is 0 Å². The minimum atomic E-state index is -3.88. The second-order valence-electron chi connectivity index (χ2n) is 8.89. The van der Waals surface area contributed by atoms with Gasteiger partial charge in [-0.25, -0.2) is 17.9 Å². The first-order chi connectivity index (χ1) is 17.2. The van der Waals surface area contributed by atoms with Crippen LogP contribution in [0.5, 0.6) is 0 Å². The van der Waals surface area contributed by atoms with Crippen molar-refractivity contribution in [3.05, 3.63) is 66.0 Å². The maximum Gasteiger partial charge on any atom is 0.409 e. The van der Waals surface area contributed by atoms with Crippen molar-refractivity contribution in [2.45, 2.75) is 38.1 Å². The van der Waals surface area contributed by atoms with Crippen molar-refractivity contribution in [1.29, 1.82) is 0 Å². The number of amides is 2. The number of aromatic nitrogens is 1. The Morgan fingerprint density at radius 3 is 2.56 bits per heavy atom. The van der Waals surface area contributed by atoms with Gasteiger partial charge in [-0.2, -0.15) is 0 Å². The van der Waals surface area contributed by atoms with Crippen molar-refractivity contribution in [3.8, 4) is 0 Å². The quantitative estimate of drug-likeness (QED) is 0.519. The predicted molar refractivity (Wildman–Crippen MR) is 137 cm³/mol. The van der Waals surface area contributed by atoms with Gasteiger partial charge in [-0.3, -0.25) is 9.78 Å². The summed E-state index contributed by atoms with van der Waals surface area (Å²) in [7, 11) is -3.88. The number of benzene rings is 2. The Morgan fingerprint density at radius 2 is 1.86 bits per heavy atom. The van der Waals surface area contributed by atoms with Gasteiger partial charge in [0.1, 0.15) is 0 Å². The van der Waals surface area contributed by atoms with Crippen LogP contribution in [0.1, 0.15) is 36.3 Å². The molecule has 3 aromatic rings. The minimum absolute atomic E-state index is 0.0921. The summed E-state index contributed by atoms with van der Waals surface area (Å²) in [6, 6.07) is 13.2. The monoisotopic (exact) mass is 510 g/mol. The molecule has 2 N–H and O–H groups in total. The first-order valence-electron chi connectivity index (χ1n) is 11.9. The summed E-state index contributed by atoms with van der Waals surface area (Å²) in [5, 5.41) is 4.01. The Hall–Kier alpha value is -3.50. The Labute approximate surface area is 210 Å². The summed E-state index contributed by atoms with van der Waals surface area (Å²) >= 11 is 0. The summed E-state index contributed by atoms with van der Waals surface area (Å²) < 4.78 is 34.8. The van der Waals surface area contributed by atoms with E-state index in [4.69, 9.17) is 4.74 Å². The van der Waals surface area contributed by atoms with Crippen LogP contribution in [0.3, 0.4) is 0 Å². The highest BCUT2D eigenvalue weighted by molar-refractivity contribution is 7.89. The molecule has 0 bridgehead atoms. The number of fused-ring (bicyclic) bond motifs is 1. The van der Waals surface area contributed by atoms with Crippen molar-refractivity contribution in [2.75, 3.05) is 25.0 Å². The number of piperidine rings is 1. The molecular formula is C26H30N4O5S. The highest BCUT2D eigenvalue weighted by Crippen LogP contribution is 2.31. The van der Waals surface area contributed by atoms with E-state index in [1.807, 2.05) is 6.92 Å². The third-order valence-corrected chi connectivity index (χ3v) is 7.96. The highest BCUT2D eigenvalue weighted by Gasteiger charge is 2.33. The van der Waals surface area contributed by atoms with Gasteiger partial charge in [-0.05, 0) is 50.5 Å². The lowest BCUT2D eigenvalue weighted by molar-refractivity contribution is 0.0846. The van der Waals surface area contributed by atoms with Crippen LogP contribution < -0.4 is 10.0 Å². The van der Waals surface area contributed by atoms with Crippen LogP contribution in [-0.2, 0) is 14.8 Å². The van der Waals surface area contributed by atoms with Gasteiger partial charge in [0.15, 0.2) is 0 Å². The molecule has 2 amide bonds. The van der Waals surface area contributed by atoms with E-state index < -0.39 is 10.0 Å². The zero-order chi connectivity index (χ0) is 25.9. The average molecular weight is 511 g/mol. The molecule has 0 spiro atoms. The van der Waals surface area contributed by atoms with Crippen LogP contribution in [-0.4, -0.2) is 56.0 Å². The SMILES string of the molecule is CCOC(=O)N1CC[C@H](NS(=O)(=O)c2ccc(NC(=O)c3cccnc3C)c3ccccc23)[C@@H](C)C1. The number of sulfonamides is 1. The molecule has 0 unspecified atom stereocenters. The molecule has 2 aromatic carbocycles. The van der Waals surface area contributed by atoms with Crippen molar-refractivity contribution in [2.24, 2.45) is 5.92 Å². The molecule has 9 nitrogen and oxygen atoms in total. The fraction of sp³-hybridized carbons (Fsp3) is 0.346. The van der Waals surface area contributed by atoms with Crippen LogP contribution in [0.4, 0.5) is 10.5 Å². The number of likely N-dealkylation sites (tertiary alicyclic amines) is 1. The van der Waals surface area contributed by atoms with Gasteiger partial charge in [0, 0.05) is 47.5 Å². The van der Waals surface area contributed by atoms with E-state index in [2.05, 4.69) is 15.0 Å². The summed E-state index contributed by atoms with van der Waals surface area (Å²) in [6.45, 7) is 6.54. The number of carbonyl (C=O) groups is 2. The molecular weight excluding hydrogens is 480 g/mol. The zero-order valence-corrected chi connectivity index (χ0v) is 21.3. The van der Waals surface area contributed by atoms with Crippen LogP contribution in [0.15, 0.2) is 59.6 Å². The van der Waals surface area contributed by atoms with E-state index in [1.54, 1.807) is 67.4 Å². The number of carbonyl (C=O) groups excluding carboxylic acids is 2. The van der Waals surface area contributed by atoms with Crippen LogP contribution in [0, 0.1) is 12.8 Å². The van der Waals surface area contributed by atoms with E-state index in [0.717, 1.165) is 0 Å². The topological polar surface area (TPSA) is 118 Å². The molecule has 2 heterocycles. The smallest absolute Gasteiger partial charge is 0.409 e. The van der Waals surface area contributed by atoms with Gasteiger partial charge in [0.2, 0.25) is 10.0 Å². The molecule has 10 heteroatoms. The number of nitrogens with one attached hydrogen (secondary N) is 2. The summed E-state index contributed by atoms with van der Waals surface area (Å²) in [6.07, 6.45) is 1.72. The van der Waals surface area contributed by atoms with E-state index in [9.17, 15) is 18.0 Å². The fourth-order valence-corrected chi connectivity index (χ4v) is 6.08. The number of hydrogen-bond donors (Lipinski definition) is 2. The maximum atomic E-state index is 13.5. The van der Waals surface area contributed by atoms with Crippen molar-refractivity contribution < 1.29 is 22.7 Å². The Morgan fingerprint density at radius 1 is 1.11 bits per heavy atom. The lowest BCUT2D eigenvalue weighted by Crippen LogP contribution is -2.51. The lowest BCUT2D eigenvalue weighted by Gasteiger charge is -2.36. The largest absolute Gasteiger partial charge is 0.450 e. The number of hydrogen-bond acceptors (Lipinski definition) is 6. The number of nitrogens with zero attached hydrogens (tertiary/aromatic N) is 2. The van der Waals surface area contributed by atoms with Gasteiger partial charge in [-0.15, -0.1) is 0 Å². The molecule has 0 aliphatic carbocycles. The second kappa shape index (κ2) is 10.6. The molecule has 1 aromatic heterocycles. The van der Waals surface area contributed by atoms with Crippen molar-refractivity contribution in [1.82, 2.24) is 14.6 Å². The standard InChI is InChI=1S/C26H30N4O5S/c1-4-35-26(32)30-15-13-22(17(2)16-30)29-36(33,34)24-12-11-23(20-8-5-6-9-21(20)24)28-25(31)19-10-7-14-27-18(19)3/h5-12,14,17,22,29H,4,13,15-16H2,1-3H3,(H,28,31)/t17-,22-/m0/s1. The summed E-state index contributed by atoms with van der Waals surface area (Å²) in [4.78, 5) is 30.8. The highest BCUT2D eigenvalue weighted by atomic mass is 32.2. The number of rotatable bonds is 6. The first-order valence-corrected chi connectivity index (χ1v) is 13.4. The molecule has 4 rings (SSSR count). The minimum Gasteiger partial charge on any atom is -0.450 e. The van der Waals surface area contributed by atoms with E-state index in [-0.39, 0.29) is 28.9 Å². The van der Waals surface area contributed by atoms with E-state index in [1.165, 1.54) is 6.07 Å². The number of anilines is 1. The summed E-state index contributed by atoms with van der Waals surface area (Å²) in [5.41, 5.74) is 1.56. The summed E-state index contributed by atoms with van der Waals surface area (Å²) in [5.74, 6) is -0.410. The fourth-order valence-electron chi connectivity index (χ4n) is 4.49. The molecule has 1 aliphatic rings. The molecule has 2 atom stereocenters. The third kappa shape index (κ3) is 5.34. The van der Waals surface area contributed by atoms with Crippen molar-refractivity contribution in [3.63, 3.8) is 0 Å². The third-order valence-electron chi connectivity index (χ3n) is 6.41. The zero-order valence-electron chi connectivity index (χ0n) is 20.5. The number of ether oxygens (including phenoxy) is 1. The molecule has 0 saturated carbocycles. The van der Waals surface area contributed by atoms with Gasteiger partial charge in [-0.1, -0.05) is 31.2 Å². The average Bonchev–Trinajstić information content (AvgIpc) is 2.85. The van der Waals surface area contributed by atoms with Crippen LogP contribution in [0.25, 0.3) is 10.8 Å². The second-order valence-corrected chi connectivity index (χ2v) is 10.6. The Kier molecular flexibility index (Phi) is 7.56. The maximum absolute atomic E-state index is 13.5. The normalized spacial score (nSPS) is 18.1. The predicted octanol–water partition coefficient (Wildman–Crippen LogP) is 3.94. The Balaban J connectivity index is 1.57. The molecule has 190 valence electrons. The molecule has 1 saturated heterocycles. The van der Waals surface area contributed by atoms with Gasteiger partial charge < -0.3 is 15.0 Å². The van der Waals surface area contributed by atoms with Gasteiger partial charge in [0.25, 0.3) is 5.91 Å². The van der Waals surface area contributed by atoms with E-state index in [0.29, 0.717) is 53.8 Å². The lowest BCUT2D eigenvalue weighted by atomic mass is 9.95. The first kappa shape index (κ1) is 25.6. The van der Waals surface area contributed by atoms with Crippen molar-refractivity contribution >= 4 is 38.5 Å². The Bertz CT molecular complexity index is 1390. The molecule has 0 radical (unpaired) electrons. The molecule has 1 fully saturated rings. The van der Waals surface area contributed by atoms with E-state index >= 15 is 0 Å². The molecule has 36 heavy (non-hydrogen) atoms. The van der Waals surface area contributed by atoms with Gasteiger partial charge in [0.05, 0.1) is 17.1 Å². The van der Waals surface area contributed by atoms with Crippen LogP contribution >= 0.6 is 0 Å². The van der Waals surface area contributed by atoms with Gasteiger partial charge >= 0.3 is 6.09 Å². The number of pyridine rings is 1. The number of aryl methyl sites for hydroxylation is 1. The molecule has 1 aliphatic heterocycles.